The molecule has 0 bridgehead atoms. The van der Waals surface area contributed by atoms with E-state index in [1.54, 1.807) is 19.0 Å². The normalized spacial score (nSPS) is 28.2. The van der Waals surface area contributed by atoms with Gasteiger partial charge < -0.3 is 10.6 Å². The largest absolute Gasteiger partial charge is 0.369 e. The molecular weight excluding hydrogens is 252 g/mol. The molecule has 0 aromatic carbocycles. The van der Waals surface area contributed by atoms with Crippen LogP contribution in [0.1, 0.15) is 52.9 Å². The number of amides is 2. The van der Waals surface area contributed by atoms with Crippen molar-refractivity contribution >= 4 is 11.8 Å². The summed E-state index contributed by atoms with van der Waals surface area (Å²) < 4.78 is 0. The zero-order valence-electron chi connectivity index (χ0n) is 13.6. The quantitative estimate of drug-likeness (QED) is 0.841. The highest BCUT2D eigenvalue weighted by molar-refractivity contribution is 5.85. The summed E-state index contributed by atoms with van der Waals surface area (Å²) >= 11 is 0. The molecule has 1 rings (SSSR count). The molecule has 20 heavy (non-hydrogen) atoms. The van der Waals surface area contributed by atoms with E-state index in [0.29, 0.717) is 5.92 Å². The monoisotopic (exact) mass is 282 g/mol. The Labute approximate surface area is 123 Å². The van der Waals surface area contributed by atoms with Crippen molar-refractivity contribution in [1.29, 1.82) is 0 Å². The molecular formula is C16H30N2O2. The summed E-state index contributed by atoms with van der Waals surface area (Å²) in [5.41, 5.74) is 5.46. The molecule has 0 saturated heterocycles. The molecule has 116 valence electrons. The van der Waals surface area contributed by atoms with E-state index < -0.39 is 0 Å². The molecule has 2 N–H and O–H groups in total. The predicted octanol–water partition coefficient (Wildman–Crippen LogP) is 2.42. The van der Waals surface area contributed by atoms with Gasteiger partial charge in [0.25, 0.3) is 0 Å². The molecule has 0 radical (unpaired) electrons. The first-order valence-corrected chi connectivity index (χ1v) is 7.67. The Balaban J connectivity index is 2.77. The number of primary amides is 1. The lowest BCUT2D eigenvalue weighted by atomic mass is 9.62. The van der Waals surface area contributed by atoms with Gasteiger partial charge in [0.15, 0.2) is 0 Å². The van der Waals surface area contributed by atoms with Gasteiger partial charge in [-0.25, -0.2) is 0 Å². The van der Waals surface area contributed by atoms with Gasteiger partial charge in [-0.3, -0.25) is 9.59 Å². The van der Waals surface area contributed by atoms with Gasteiger partial charge in [-0.05, 0) is 42.9 Å². The molecule has 2 amide bonds. The first-order valence-electron chi connectivity index (χ1n) is 7.67. The van der Waals surface area contributed by atoms with E-state index in [0.717, 1.165) is 31.6 Å². The van der Waals surface area contributed by atoms with Crippen LogP contribution in [0, 0.1) is 23.2 Å². The van der Waals surface area contributed by atoms with Crippen LogP contribution in [0.25, 0.3) is 0 Å². The Bertz CT molecular complexity index is 355. The van der Waals surface area contributed by atoms with Crippen LogP contribution in [-0.4, -0.2) is 30.8 Å². The minimum atomic E-state index is -0.342. The molecule has 0 aliphatic heterocycles. The molecule has 0 heterocycles. The fourth-order valence-corrected chi connectivity index (χ4v) is 3.36. The lowest BCUT2D eigenvalue weighted by Crippen LogP contribution is -2.43. The van der Waals surface area contributed by atoms with Gasteiger partial charge in [0, 0.05) is 20.5 Å². The molecule has 1 aliphatic rings. The predicted molar refractivity (Wildman–Crippen MR) is 80.9 cm³/mol. The van der Waals surface area contributed by atoms with Crippen LogP contribution in [0.2, 0.25) is 0 Å². The summed E-state index contributed by atoms with van der Waals surface area (Å²) in [5, 5.41) is 0. The fraction of sp³-hybridized carbons (Fsp3) is 0.875. The summed E-state index contributed by atoms with van der Waals surface area (Å²) in [6.45, 7) is 6.64. The first-order chi connectivity index (χ1) is 9.17. The Morgan fingerprint density at radius 1 is 1.25 bits per heavy atom. The lowest BCUT2D eigenvalue weighted by Gasteiger charge is -2.43. The zero-order chi connectivity index (χ0) is 15.5. The zero-order valence-corrected chi connectivity index (χ0v) is 13.6. The standard InChI is InChI=1S/C16H30N2O2/c1-11(2)12-6-8-16(3,9-7-12)13(15(17)20)10-14(19)18(4)5/h11-13H,6-10H2,1-5H3,(H2,17,20). The molecule has 1 fully saturated rings. The van der Waals surface area contributed by atoms with Crippen molar-refractivity contribution < 1.29 is 9.59 Å². The maximum atomic E-state index is 11.9. The van der Waals surface area contributed by atoms with Crippen LogP contribution in [0.5, 0.6) is 0 Å². The second-order valence-corrected chi connectivity index (χ2v) is 7.18. The maximum absolute atomic E-state index is 11.9. The molecule has 4 nitrogen and oxygen atoms in total. The third kappa shape index (κ3) is 3.97. The molecule has 0 aromatic rings. The van der Waals surface area contributed by atoms with E-state index in [-0.39, 0.29) is 29.6 Å². The molecule has 0 aromatic heterocycles. The molecule has 0 spiro atoms. The number of nitrogens with two attached hydrogens (primary N) is 1. The topological polar surface area (TPSA) is 63.4 Å². The summed E-state index contributed by atoms with van der Waals surface area (Å²) in [6.07, 6.45) is 4.49. The van der Waals surface area contributed by atoms with E-state index in [1.807, 2.05) is 0 Å². The average molecular weight is 282 g/mol. The number of hydrogen-bond donors (Lipinski definition) is 1. The number of nitrogens with zero attached hydrogens (tertiary/aromatic N) is 1. The van der Waals surface area contributed by atoms with Gasteiger partial charge in [0.1, 0.15) is 0 Å². The summed E-state index contributed by atoms with van der Waals surface area (Å²) in [7, 11) is 3.44. The number of hydrogen-bond acceptors (Lipinski definition) is 2. The first kappa shape index (κ1) is 17.0. The minimum Gasteiger partial charge on any atom is -0.369 e. The SMILES string of the molecule is CC(C)C1CCC(C)(C(CC(=O)N(C)C)C(N)=O)CC1. The number of carbonyl (C=O) groups excluding carboxylic acids is 2. The van der Waals surface area contributed by atoms with Gasteiger partial charge in [-0.15, -0.1) is 0 Å². The van der Waals surface area contributed by atoms with Gasteiger partial charge in [0.05, 0.1) is 5.92 Å². The van der Waals surface area contributed by atoms with Crippen molar-refractivity contribution in [2.75, 3.05) is 14.1 Å². The van der Waals surface area contributed by atoms with Crippen LogP contribution < -0.4 is 5.73 Å². The summed E-state index contributed by atoms with van der Waals surface area (Å²) in [5.74, 6) is 0.744. The Kier molecular flexibility index (Phi) is 5.60. The second-order valence-electron chi connectivity index (χ2n) is 7.18. The molecule has 1 aliphatic carbocycles. The van der Waals surface area contributed by atoms with Gasteiger partial charge >= 0.3 is 0 Å². The van der Waals surface area contributed by atoms with Crippen molar-refractivity contribution in [3.05, 3.63) is 0 Å². The van der Waals surface area contributed by atoms with Crippen molar-refractivity contribution in [1.82, 2.24) is 4.90 Å². The molecule has 1 saturated carbocycles. The maximum Gasteiger partial charge on any atom is 0.222 e. The highest BCUT2D eigenvalue weighted by Crippen LogP contribution is 2.47. The number of carbonyl (C=O) groups is 2. The van der Waals surface area contributed by atoms with Gasteiger partial charge in [-0.2, -0.15) is 0 Å². The van der Waals surface area contributed by atoms with E-state index >= 15 is 0 Å². The van der Waals surface area contributed by atoms with Crippen LogP contribution >= 0.6 is 0 Å². The smallest absolute Gasteiger partial charge is 0.222 e. The van der Waals surface area contributed by atoms with Crippen molar-refractivity contribution in [2.24, 2.45) is 28.9 Å². The van der Waals surface area contributed by atoms with Crippen LogP contribution in [0.15, 0.2) is 0 Å². The number of rotatable bonds is 5. The third-order valence-electron chi connectivity index (χ3n) is 5.18. The Morgan fingerprint density at radius 3 is 2.10 bits per heavy atom. The molecule has 1 atom stereocenters. The summed E-state index contributed by atoms with van der Waals surface area (Å²) in [4.78, 5) is 25.3. The minimum absolute atomic E-state index is 0.0130. The Hall–Kier alpha value is -1.06. The average Bonchev–Trinajstić information content (AvgIpc) is 2.35. The van der Waals surface area contributed by atoms with Crippen LogP contribution in [0.3, 0.4) is 0 Å². The second kappa shape index (κ2) is 6.59. The third-order valence-corrected chi connectivity index (χ3v) is 5.18. The molecule has 4 heteroatoms. The van der Waals surface area contributed by atoms with Gasteiger partial charge in [-0.1, -0.05) is 20.8 Å². The van der Waals surface area contributed by atoms with E-state index in [1.165, 1.54) is 0 Å². The van der Waals surface area contributed by atoms with E-state index in [9.17, 15) is 9.59 Å². The van der Waals surface area contributed by atoms with E-state index in [4.69, 9.17) is 5.73 Å². The fourth-order valence-electron chi connectivity index (χ4n) is 3.36. The van der Waals surface area contributed by atoms with Crippen LogP contribution in [0.4, 0.5) is 0 Å². The van der Waals surface area contributed by atoms with Gasteiger partial charge in [0.2, 0.25) is 11.8 Å². The summed E-state index contributed by atoms with van der Waals surface area (Å²) in [6, 6.07) is 0. The highest BCUT2D eigenvalue weighted by atomic mass is 16.2. The van der Waals surface area contributed by atoms with Crippen molar-refractivity contribution in [2.45, 2.75) is 52.9 Å². The molecule has 1 unspecified atom stereocenters. The Morgan fingerprint density at radius 2 is 1.75 bits per heavy atom. The van der Waals surface area contributed by atoms with Crippen molar-refractivity contribution in [3.8, 4) is 0 Å². The lowest BCUT2D eigenvalue weighted by molar-refractivity contribution is -0.137. The van der Waals surface area contributed by atoms with Crippen LogP contribution in [-0.2, 0) is 9.59 Å². The van der Waals surface area contributed by atoms with Crippen molar-refractivity contribution in [3.63, 3.8) is 0 Å². The highest BCUT2D eigenvalue weighted by Gasteiger charge is 2.42. The van der Waals surface area contributed by atoms with E-state index in [2.05, 4.69) is 20.8 Å².